The molecular formula is C13H7Cl2NO2. The Morgan fingerprint density at radius 1 is 0.944 bits per heavy atom. The Labute approximate surface area is 113 Å². The third-order valence-corrected chi connectivity index (χ3v) is 3.16. The molecule has 0 N–H and O–H groups in total. The number of ether oxygens (including phenoxy) is 1. The van der Waals surface area contributed by atoms with E-state index < -0.39 is 0 Å². The standard InChI is InChI=1S/C13H7Cl2NO2/c14-8-1-3-12-10(5-8)16(7-17)11-6-9(15)2-4-13(11)18-12/h1-7H. The molecule has 3 rings (SSSR count). The maximum atomic E-state index is 11.3. The number of benzene rings is 2. The van der Waals surface area contributed by atoms with Crippen LogP contribution in [0.15, 0.2) is 36.4 Å². The van der Waals surface area contributed by atoms with Gasteiger partial charge in [0.1, 0.15) is 0 Å². The predicted molar refractivity (Wildman–Crippen MR) is 71.2 cm³/mol. The molecule has 0 spiro atoms. The van der Waals surface area contributed by atoms with Crippen LogP contribution in [0.5, 0.6) is 11.5 Å². The van der Waals surface area contributed by atoms with Crippen molar-refractivity contribution in [2.45, 2.75) is 0 Å². The molecule has 2 aromatic rings. The summed E-state index contributed by atoms with van der Waals surface area (Å²) < 4.78 is 5.70. The minimum Gasteiger partial charge on any atom is -0.453 e. The predicted octanol–water partition coefficient (Wildman–Crippen LogP) is 4.39. The largest absolute Gasteiger partial charge is 0.453 e. The molecule has 0 saturated heterocycles. The zero-order valence-electron chi connectivity index (χ0n) is 9.06. The normalized spacial score (nSPS) is 12.4. The molecule has 0 radical (unpaired) electrons. The average molecular weight is 280 g/mol. The molecule has 0 fully saturated rings. The van der Waals surface area contributed by atoms with Gasteiger partial charge in [-0.05, 0) is 36.4 Å². The van der Waals surface area contributed by atoms with E-state index in [9.17, 15) is 4.79 Å². The van der Waals surface area contributed by atoms with Crippen LogP contribution in [-0.2, 0) is 4.79 Å². The van der Waals surface area contributed by atoms with Crippen LogP contribution in [0.3, 0.4) is 0 Å². The number of fused-ring (bicyclic) bond motifs is 2. The molecule has 0 saturated carbocycles. The van der Waals surface area contributed by atoms with E-state index in [-0.39, 0.29) is 0 Å². The smallest absolute Gasteiger partial charge is 0.218 e. The summed E-state index contributed by atoms with van der Waals surface area (Å²) in [5, 5.41) is 1.07. The SMILES string of the molecule is O=CN1c2cc(Cl)ccc2Oc2ccc(Cl)cc21. The zero-order valence-corrected chi connectivity index (χ0v) is 10.6. The number of carbonyl (C=O) groups excluding carboxylic acids is 1. The van der Waals surface area contributed by atoms with Gasteiger partial charge >= 0.3 is 0 Å². The Morgan fingerprint density at radius 2 is 1.44 bits per heavy atom. The maximum Gasteiger partial charge on any atom is 0.218 e. The van der Waals surface area contributed by atoms with E-state index in [2.05, 4.69) is 0 Å². The molecule has 1 heterocycles. The van der Waals surface area contributed by atoms with Gasteiger partial charge in [-0.15, -0.1) is 0 Å². The Balaban J connectivity index is 2.22. The number of amides is 1. The van der Waals surface area contributed by atoms with E-state index in [0.717, 1.165) is 0 Å². The number of halogens is 2. The Kier molecular flexibility index (Phi) is 2.65. The molecule has 3 nitrogen and oxygen atoms in total. The van der Waals surface area contributed by atoms with Crippen LogP contribution in [0.1, 0.15) is 0 Å². The van der Waals surface area contributed by atoms with Crippen molar-refractivity contribution in [2.24, 2.45) is 0 Å². The molecule has 1 amide bonds. The lowest BCUT2D eigenvalue weighted by Crippen LogP contribution is -2.19. The lowest BCUT2D eigenvalue weighted by molar-refractivity contribution is -0.106. The van der Waals surface area contributed by atoms with Crippen LogP contribution in [0.4, 0.5) is 11.4 Å². The highest BCUT2D eigenvalue weighted by atomic mass is 35.5. The topological polar surface area (TPSA) is 29.5 Å². The first kappa shape index (κ1) is 11.4. The van der Waals surface area contributed by atoms with Gasteiger partial charge in [0.25, 0.3) is 0 Å². The number of nitrogens with zero attached hydrogens (tertiary/aromatic N) is 1. The number of hydrogen-bond acceptors (Lipinski definition) is 2. The highest BCUT2D eigenvalue weighted by Gasteiger charge is 2.24. The quantitative estimate of drug-likeness (QED) is 0.725. The molecule has 0 aliphatic carbocycles. The van der Waals surface area contributed by atoms with Crippen molar-refractivity contribution in [3.05, 3.63) is 46.4 Å². The van der Waals surface area contributed by atoms with E-state index >= 15 is 0 Å². The average Bonchev–Trinajstić information content (AvgIpc) is 2.36. The lowest BCUT2D eigenvalue weighted by Gasteiger charge is -2.28. The molecule has 0 bridgehead atoms. The molecule has 5 heteroatoms. The summed E-state index contributed by atoms with van der Waals surface area (Å²) in [5.41, 5.74) is 1.21. The molecule has 90 valence electrons. The first-order valence-corrected chi connectivity index (χ1v) is 5.96. The molecule has 0 unspecified atom stereocenters. The van der Waals surface area contributed by atoms with Crippen molar-refractivity contribution < 1.29 is 9.53 Å². The van der Waals surface area contributed by atoms with Gasteiger partial charge in [-0.2, -0.15) is 0 Å². The second kappa shape index (κ2) is 4.19. The summed E-state index contributed by atoms with van der Waals surface area (Å²) in [4.78, 5) is 12.8. The maximum absolute atomic E-state index is 11.3. The number of carbonyl (C=O) groups is 1. The Morgan fingerprint density at radius 3 is 1.89 bits per heavy atom. The van der Waals surface area contributed by atoms with Gasteiger partial charge < -0.3 is 4.74 Å². The van der Waals surface area contributed by atoms with Gasteiger partial charge in [-0.25, -0.2) is 0 Å². The van der Waals surface area contributed by atoms with Crippen molar-refractivity contribution >= 4 is 41.0 Å². The monoisotopic (exact) mass is 279 g/mol. The molecular weight excluding hydrogens is 273 g/mol. The number of rotatable bonds is 1. The van der Waals surface area contributed by atoms with Gasteiger partial charge in [-0.3, -0.25) is 9.69 Å². The summed E-state index contributed by atoms with van der Waals surface area (Å²) >= 11 is 11.9. The van der Waals surface area contributed by atoms with E-state index in [1.165, 1.54) is 4.90 Å². The van der Waals surface area contributed by atoms with E-state index in [1.54, 1.807) is 36.4 Å². The zero-order chi connectivity index (χ0) is 12.7. The van der Waals surface area contributed by atoms with Crippen LogP contribution in [0, 0.1) is 0 Å². The highest BCUT2D eigenvalue weighted by molar-refractivity contribution is 6.31. The summed E-state index contributed by atoms with van der Waals surface area (Å²) in [6.45, 7) is 0. The fourth-order valence-electron chi connectivity index (χ4n) is 1.89. The third-order valence-electron chi connectivity index (χ3n) is 2.69. The van der Waals surface area contributed by atoms with Crippen LogP contribution < -0.4 is 9.64 Å². The molecule has 18 heavy (non-hydrogen) atoms. The summed E-state index contributed by atoms with van der Waals surface area (Å²) in [6, 6.07) is 10.2. The van der Waals surface area contributed by atoms with Crippen LogP contribution in [0.2, 0.25) is 10.0 Å². The van der Waals surface area contributed by atoms with E-state index in [4.69, 9.17) is 27.9 Å². The van der Waals surface area contributed by atoms with E-state index in [0.29, 0.717) is 39.3 Å². The second-order valence-electron chi connectivity index (χ2n) is 3.80. The number of anilines is 2. The fraction of sp³-hybridized carbons (Fsp3) is 0. The summed E-state index contributed by atoms with van der Waals surface area (Å²) in [5.74, 6) is 1.17. The minimum absolute atomic E-state index is 0.537. The van der Waals surface area contributed by atoms with Gasteiger partial charge in [-0.1, -0.05) is 23.2 Å². The second-order valence-corrected chi connectivity index (χ2v) is 4.67. The fourth-order valence-corrected chi connectivity index (χ4v) is 2.22. The Hall–Kier alpha value is -1.71. The van der Waals surface area contributed by atoms with Gasteiger partial charge in [0, 0.05) is 10.0 Å². The van der Waals surface area contributed by atoms with Crippen molar-refractivity contribution in [3.63, 3.8) is 0 Å². The van der Waals surface area contributed by atoms with Crippen LogP contribution in [0.25, 0.3) is 0 Å². The van der Waals surface area contributed by atoms with Crippen LogP contribution in [-0.4, -0.2) is 6.41 Å². The van der Waals surface area contributed by atoms with E-state index in [1.807, 2.05) is 0 Å². The van der Waals surface area contributed by atoms with Crippen LogP contribution >= 0.6 is 23.2 Å². The van der Waals surface area contributed by atoms with Gasteiger partial charge in [0.2, 0.25) is 6.41 Å². The minimum atomic E-state index is 0.537. The van der Waals surface area contributed by atoms with Gasteiger partial charge in [0.15, 0.2) is 11.5 Å². The first-order chi connectivity index (χ1) is 8.69. The molecule has 1 aliphatic rings. The van der Waals surface area contributed by atoms with Gasteiger partial charge in [0.05, 0.1) is 11.4 Å². The number of hydrogen-bond donors (Lipinski definition) is 0. The third kappa shape index (κ3) is 1.72. The van der Waals surface area contributed by atoms with Crippen molar-refractivity contribution in [2.75, 3.05) is 4.90 Å². The first-order valence-electron chi connectivity index (χ1n) is 5.20. The Bertz CT molecular complexity index is 591. The molecule has 2 aromatic carbocycles. The van der Waals surface area contributed by atoms with Crippen molar-refractivity contribution in [1.29, 1.82) is 0 Å². The van der Waals surface area contributed by atoms with Crippen molar-refractivity contribution in [1.82, 2.24) is 0 Å². The molecule has 1 aliphatic heterocycles. The van der Waals surface area contributed by atoms with Crippen molar-refractivity contribution in [3.8, 4) is 11.5 Å². The molecule has 0 aromatic heterocycles. The summed E-state index contributed by atoms with van der Waals surface area (Å²) in [6.07, 6.45) is 0.715. The summed E-state index contributed by atoms with van der Waals surface area (Å²) in [7, 11) is 0. The molecule has 0 atom stereocenters. The lowest BCUT2D eigenvalue weighted by atomic mass is 10.2. The highest BCUT2D eigenvalue weighted by Crippen LogP contribution is 2.47.